The van der Waals surface area contributed by atoms with Crippen molar-refractivity contribution in [2.45, 2.75) is 39.7 Å². The second-order valence-corrected chi connectivity index (χ2v) is 7.05. The molecule has 1 aromatic carbocycles. The molecule has 28 heavy (non-hydrogen) atoms. The Bertz CT molecular complexity index is 1090. The molecule has 0 fully saturated rings. The third kappa shape index (κ3) is 3.87. The fourth-order valence-corrected chi connectivity index (χ4v) is 3.20. The molecule has 0 aliphatic heterocycles. The van der Waals surface area contributed by atoms with Gasteiger partial charge in [-0.05, 0) is 37.6 Å². The highest BCUT2D eigenvalue weighted by molar-refractivity contribution is 6.32. The van der Waals surface area contributed by atoms with Crippen LogP contribution in [0.2, 0.25) is 5.15 Å². The zero-order valence-electron chi connectivity index (χ0n) is 15.9. The fourth-order valence-electron chi connectivity index (χ4n) is 2.96. The van der Waals surface area contributed by atoms with E-state index in [1.54, 1.807) is 0 Å². The molecule has 3 aromatic heterocycles. The molecule has 3 heterocycles. The molecule has 0 amide bonds. The number of hydrogen-bond donors (Lipinski definition) is 0. The molecule has 0 unspecified atom stereocenters. The van der Waals surface area contributed by atoms with Crippen LogP contribution < -0.4 is 4.74 Å². The lowest BCUT2D eigenvalue weighted by molar-refractivity contribution is 0.264. The number of ether oxygens (including phenoxy) is 1. The normalized spacial score (nSPS) is 11.2. The van der Waals surface area contributed by atoms with Crippen LogP contribution in [0.15, 0.2) is 47.0 Å². The molecule has 4 rings (SSSR count). The fraction of sp³-hybridized carbons (Fsp3) is 0.286. The second-order valence-electron chi connectivity index (χ2n) is 6.70. The van der Waals surface area contributed by atoms with Gasteiger partial charge in [0.25, 0.3) is 5.89 Å². The Morgan fingerprint density at radius 2 is 1.96 bits per heavy atom. The molecular formula is C21H21ClN4O2. The number of aryl methyl sites for hydroxylation is 2. The van der Waals surface area contributed by atoms with E-state index >= 15 is 0 Å². The molecule has 6 nitrogen and oxygen atoms in total. The van der Waals surface area contributed by atoms with Gasteiger partial charge >= 0.3 is 0 Å². The van der Waals surface area contributed by atoms with E-state index in [9.17, 15) is 0 Å². The first-order chi connectivity index (χ1) is 13.6. The average Bonchev–Trinajstić information content (AvgIpc) is 3.30. The van der Waals surface area contributed by atoms with E-state index in [2.05, 4.69) is 22.1 Å². The molecule has 0 spiro atoms. The van der Waals surface area contributed by atoms with E-state index < -0.39 is 0 Å². The van der Waals surface area contributed by atoms with E-state index in [1.165, 1.54) is 5.56 Å². The van der Waals surface area contributed by atoms with E-state index in [0.29, 0.717) is 16.9 Å². The van der Waals surface area contributed by atoms with Crippen LogP contribution in [0.4, 0.5) is 0 Å². The first kappa shape index (κ1) is 18.5. The maximum absolute atomic E-state index is 6.33. The summed E-state index contributed by atoms with van der Waals surface area (Å²) in [6.07, 6.45) is 5.03. The van der Waals surface area contributed by atoms with Gasteiger partial charge in [0.05, 0.1) is 5.52 Å². The topological polar surface area (TPSA) is 65.5 Å². The van der Waals surface area contributed by atoms with Crippen molar-refractivity contribution >= 4 is 17.1 Å². The quantitative estimate of drug-likeness (QED) is 0.426. The second kappa shape index (κ2) is 8.02. The van der Waals surface area contributed by atoms with Gasteiger partial charge in [-0.1, -0.05) is 42.6 Å². The number of unbranched alkanes of at least 4 members (excludes halogenated alkanes) is 1. The number of nitrogens with zero attached hydrogens (tertiary/aromatic N) is 4. The van der Waals surface area contributed by atoms with Crippen molar-refractivity contribution in [2.24, 2.45) is 0 Å². The first-order valence-corrected chi connectivity index (χ1v) is 9.70. The highest BCUT2D eigenvalue weighted by atomic mass is 35.5. The summed E-state index contributed by atoms with van der Waals surface area (Å²) in [6.45, 7) is 4.41. The molecule has 0 radical (unpaired) electrons. The van der Waals surface area contributed by atoms with Gasteiger partial charge in [-0.2, -0.15) is 0 Å². The van der Waals surface area contributed by atoms with Crippen LogP contribution in [0.3, 0.4) is 0 Å². The molecular weight excluding hydrogens is 376 g/mol. The Kier molecular flexibility index (Phi) is 5.30. The van der Waals surface area contributed by atoms with Crippen molar-refractivity contribution in [3.05, 3.63) is 65.0 Å². The third-order valence-corrected chi connectivity index (χ3v) is 4.80. The van der Waals surface area contributed by atoms with Crippen molar-refractivity contribution in [3.63, 3.8) is 0 Å². The summed E-state index contributed by atoms with van der Waals surface area (Å²) in [4.78, 5) is 4.48. The highest BCUT2D eigenvalue weighted by Crippen LogP contribution is 2.26. The van der Waals surface area contributed by atoms with E-state index in [4.69, 9.17) is 20.8 Å². The zero-order chi connectivity index (χ0) is 19.5. The molecule has 0 bridgehead atoms. The lowest BCUT2D eigenvalue weighted by Gasteiger charge is -2.03. The maximum Gasteiger partial charge on any atom is 0.254 e. The Hall–Kier alpha value is -2.86. The Labute approximate surface area is 168 Å². The number of hydrogen-bond acceptors (Lipinski definition) is 5. The predicted molar refractivity (Wildman–Crippen MR) is 108 cm³/mol. The van der Waals surface area contributed by atoms with Gasteiger partial charge in [-0.3, -0.25) is 0 Å². The molecule has 0 saturated carbocycles. The summed E-state index contributed by atoms with van der Waals surface area (Å²) < 4.78 is 13.5. The smallest absolute Gasteiger partial charge is 0.254 e. The van der Waals surface area contributed by atoms with Crippen LogP contribution in [0.1, 0.15) is 37.0 Å². The molecule has 0 aliphatic carbocycles. The van der Waals surface area contributed by atoms with Crippen LogP contribution >= 0.6 is 11.6 Å². The average molecular weight is 397 g/mol. The first-order valence-electron chi connectivity index (χ1n) is 9.32. The minimum absolute atomic E-state index is 0.215. The van der Waals surface area contributed by atoms with Crippen LogP contribution in [0.25, 0.3) is 17.0 Å². The number of benzene rings is 1. The number of pyridine rings is 1. The molecule has 4 aromatic rings. The van der Waals surface area contributed by atoms with Crippen molar-refractivity contribution < 1.29 is 9.15 Å². The van der Waals surface area contributed by atoms with Gasteiger partial charge in [-0.25, -0.2) is 4.98 Å². The lowest BCUT2D eigenvalue weighted by Crippen LogP contribution is -1.95. The highest BCUT2D eigenvalue weighted by Gasteiger charge is 2.14. The van der Waals surface area contributed by atoms with E-state index in [1.807, 2.05) is 53.9 Å². The maximum atomic E-state index is 6.33. The predicted octanol–water partition coefficient (Wildman–Crippen LogP) is 5.27. The number of fused-ring (bicyclic) bond motifs is 1. The Morgan fingerprint density at radius 3 is 2.75 bits per heavy atom. The summed E-state index contributed by atoms with van der Waals surface area (Å²) in [5.74, 6) is 2.57. The monoisotopic (exact) mass is 396 g/mol. The van der Waals surface area contributed by atoms with Gasteiger partial charge in [0.1, 0.15) is 11.6 Å². The van der Waals surface area contributed by atoms with Crippen molar-refractivity contribution in [2.75, 3.05) is 0 Å². The standard InChI is InChI=1S/C21H21ClN4O2/c1-3-4-5-18-23-20(22)17-12-15(10-11-26(17)18)21-25-24-19(28-21)13-27-16-8-6-14(2)7-9-16/h6-12H,3-5,13H2,1-2H3. The molecule has 7 heteroatoms. The van der Waals surface area contributed by atoms with Gasteiger partial charge in [0.2, 0.25) is 5.89 Å². The Morgan fingerprint density at radius 1 is 1.14 bits per heavy atom. The zero-order valence-corrected chi connectivity index (χ0v) is 16.6. The van der Waals surface area contributed by atoms with Crippen molar-refractivity contribution in [1.82, 2.24) is 19.6 Å². The SMILES string of the molecule is CCCCc1nc(Cl)c2cc(-c3nnc(COc4ccc(C)cc4)o3)ccn12. The number of rotatable bonds is 7. The lowest BCUT2D eigenvalue weighted by atomic mass is 10.2. The van der Waals surface area contributed by atoms with Crippen LogP contribution in [0, 0.1) is 6.92 Å². The number of imidazole rings is 1. The minimum atomic E-state index is 0.215. The van der Waals surface area contributed by atoms with E-state index in [0.717, 1.165) is 41.9 Å². The van der Waals surface area contributed by atoms with Crippen LogP contribution in [-0.4, -0.2) is 19.6 Å². The van der Waals surface area contributed by atoms with Crippen LogP contribution in [-0.2, 0) is 13.0 Å². The van der Waals surface area contributed by atoms with Crippen LogP contribution in [0.5, 0.6) is 5.75 Å². The van der Waals surface area contributed by atoms with Gasteiger partial charge in [0.15, 0.2) is 11.8 Å². The van der Waals surface area contributed by atoms with E-state index in [-0.39, 0.29) is 6.61 Å². The van der Waals surface area contributed by atoms with Crippen molar-refractivity contribution in [3.8, 4) is 17.2 Å². The summed E-state index contributed by atoms with van der Waals surface area (Å²) in [7, 11) is 0. The molecule has 0 N–H and O–H groups in total. The summed E-state index contributed by atoms with van der Waals surface area (Å²) in [5.41, 5.74) is 2.81. The Balaban J connectivity index is 1.52. The third-order valence-electron chi connectivity index (χ3n) is 4.52. The molecule has 0 aliphatic rings. The minimum Gasteiger partial charge on any atom is -0.484 e. The summed E-state index contributed by atoms with van der Waals surface area (Å²) >= 11 is 6.33. The summed E-state index contributed by atoms with van der Waals surface area (Å²) in [6, 6.07) is 11.7. The van der Waals surface area contributed by atoms with Crippen molar-refractivity contribution in [1.29, 1.82) is 0 Å². The molecule has 0 atom stereocenters. The van der Waals surface area contributed by atoms with Gasteiger partial charge in [-0.15, -0.1) is 10.2 Å². The molecule has 0 saturated heterocycles. The van der Waals surface area contributed by atoms with Gasteiger partial charge in [0, 0.05) is 18.2 Å². The molecule has 144 valence electrons. The summed E-state index contributed by atoms with van der Waals surface area (Å²) in [5, 5.41) is 8.69. The van der Waals surface area contributed by atoms with Gasteiger partial charge < -0.3 is 13.6 Å². The largest absolute Gasteiger partial charge is 0.484 e. The number of aromatic nitrogens is 4. The number of halogens is 1.